The van der Waals surface area contributed by atoms with E-state index in [0.717, 1.165) is 12.8 Å². The van der Waals surface area contributed by atoms with E-state index in [1.165, 1.54) is 83.5 Å². The van der Waals surface area contributed by atoms with Crippen molar-refractivity contribution < 1.29 is 15.3 Å². The molecule has 0 spiro atoms. The predicted molar refractivity (Wildman–Crippen MR) is 112 cm³/mol. The van der Waals surface area contributed by atoms with Gasteiger partial charge in [-0.05, 0) is 19.3 Å². The highest BCUT2D eigenvalue weighted by Crippen LogP contribution is 2.18. The number of hydrogen-bond donors (Lipinski definition) is 3. The Balaban J connectivity index is 4.06. The van der Waals surface area contributed by atoms with Crippen molar-refractivity contribution in [3.8, 4) is 0 Å². The summed E-state index contributed by atoms with van der Waals surface area (Å²) in [5.41, 5.74) is 0. The van der Waals surface area contributed by atoms with Crippen LogP contribution in [0.15, 0.2) is 0 Å². The molecule has 0 saturated carbocycles. The molecule has 0 aromatic rings. The van der Waals surface area contributed by atoms with Gasteiger partial charge in [-0.3, -0.25) is 4.90 Å². The highest BCUT2D eigenvalue weighted by Gasteiger charge is 2.17. The lowest BCUT2D eigenvalue weighted by molar-refractivity contribution is 0.109. The van der Waals surface area contributed by atoms with Crippen molar-refractivity contribution in [2.45, 2.75) is 109 Å². The molecule has 0 aliphatic rings. The normalized spacial score (nSPS) is 12.8. The van der Waals surface area contributed by atoms with Gasteiger partial charge in [-0.25, -0.2) is 0 Å². The van der Waals surface area contributed by atoms with Gasteiger partial charge >= 0.3 is 0 Å². The number of hydrogen-bond acceptors (Lipinski definition) is 4. The number of aliphatic hydroxyl groups is 3. The quantitative estimate of drug-likeness (QED) is 0.259. The second-order valence-electron chi connectivity index (χ2n) is 7.68. The van der Waals surface area contributed by atoms with E-state index in [1.807, 2.05) is 0 Å². The summed E-state index contributed by atoms with van der Waals surface area (Å²) in [6.45, 7) is 4.30. The van der Waals surface area contributed by atoms with Crippen molar-refractivity contribution in [3.63, 3.8) is 0 Å². The van der Waals surface area contributed by atoms with Crippen LogP contribution >= 0.6 is 0 Å². The number of rotatable bonds is 21. The van der Waals surface area contributed by atoms with Crippen LogP contribution in [0.25, 0.3) is 0 Å². The molecular weight excluding hydrogens is 326 g/mol. The maximum atomic E-state index is 9.35. The second kappa shape index (κ2) is 21.1. The SMILES string of the molecule is CCCCCCCCC(CCCCCCCCCO)N(CCO)CCO. The third-order valence-corrected chi connectivity index (χ3v) is 5.38. The van der Waals surface area contributed by atoms with Crippen LogP contribution in [0.3, 0.4) is 0 Å². The van der Waals surface area contributed by atoms with Crippen LogP contribution in [-0.2, 0) is 0 Å². The van der Waals surface area contributed by atoms with Gasteiger partial charge in [-0.1, -0.05) is 84.0 Å². The average molecular weight is 374 g/mol. The fraction of sp³-hybridized carbons (Fsp3) is 1.00. The molecule has 3 N–H and O–H groups in total. The van der Waals surface area contributed by atoms with Crippen molar-refractivity contribution in [1.82, 2.24) is 4.90 Å². The Kier molecular flexibility index (Phi) is 21.0. The minimum atomic E-state index is 0.178. The first-order valence-corrected chi connectivity index (χ1v) is 11.4. The van der Waals surface area contributed by atoms with E-state index < -0.39 is 0 Å². The highest BCUT2D eigenvalue weighted by atomic mass is 16.3. The maximum absolute atomic E-state index is 9.35. The zero-order valence-corrected chi connectivity index (χ0v) is 17.5. The third-order valence-electron chi connectivity index (χ3n) is 5.38. The fourth-order valence-corrected chi connectivity index (χ4v) is 3.78. The Bertz CT molecular complexity index is 258. The number of unbranched alkanes of at least 4 members (excludes halogenated alkanes) is 11. The van der Waals surface area contributed by atoms with Gasteiger partial charge in [0.1, 0.15) is 0 Å². The van der Waals surface area contributed by atoms with Gasteiger partial charge in [-0.15, -0.1) is 0 Å². The molecule has 1 atom stereocenters. The summed E-state index contributed by atoms with van der Waals surface area (Å²) >= 11 is 0. The van der Waals surface area contributed by atoms with E-state index in [2.05, 4.69) is 11.8 Å². The highest BCUT2D eigenvalue weighted by molar-refractivity contribution is 4.72. The van der Waals surface area contributed by atoms with E-state index in [1.54, 1.807) is 0 Å². The lowest BCUT2D eigenvalue weighted by atomic mass is 9.98. The molecule has 0 saturated heterocycles. The van der Waals surface area contributed by atoms with Crippen LogP contribution in [0.2, 0.25) is 0 Å². The van der Waals surface area contributed by atoms with E-state index in [0.29, 0.717) is 25.7 Å². The smallest absolute Gasteiger partial charge is 0.0558 e. The lowest BCUT2D eigenvalue weighted by Gasteiger charge is -2.31. The summed E-state index contributed by atoms with van der Waals surface area (Å²) in [5.74, 6) is 0. The monoisotopic (exact) mass is 373 g/mol. The standard InChI is InChI=1S/C22H47NO3/c1-2-3-4-5-9-12-15-22(23(17-20-25)18-21-26)16-13-10-7-6-8-11-14-19-24/h22,24-26H,2-21H2,1H3. The molecule has 158 valence electrons. The van der Waals surface area contributed by atoms with Crippen LogP contribution in [0.5, 0.6) is 0 Å². The zero-order chi connectivity index (χ0) is 19.3. The molecule has 0 aliphatic heterocycles. The van der Waals surface area contributed by atoms with Gasteiger partial charge in [0.15, 0.2) is 0 Å². The minimum Gasteiger partial charge on any atom is -0.396 e. The Morgan fingerprint density at radius 1 is 0.538 bits per heavy atom. The summed E-state index contributed by atoms with van der Waals surface area (Å²) in [6, 6.07) is 0.509. The lowest BCUT2D eigenvalue weighted by Crippen LogP contribution is -2.39. The van der Waals surface area contributed by atoms with Crippen molar-refractivity contribution in [2.75, 3.05) is 32.9 Å². The molecular formula is C22H47NO3. The van der Waals surface area contributed by atoms with Gasteiger partial charge in [0.2, 0.25) is 0 Å². The van der Waals surface area contributed by atoms with E-state index in [9.17, 15) is 10.2 Å². The fourth-order valence-electron chi connectivity index (χ4n) is 3.78. The molecule has 0 aliphatic carbocycles. The summed E-state index contributed by atoms with van der Waals surface area (Å²) < 4.78 is 0. The molecule has 4 nitrogen and oxygen atoms in total. The molecule has 0 fully saturated rings. The van der Waals surface area contributed by atoms with Crippen LogP contribution in [0.4, 0.5) is 0 Å². The molecule has 0 bridgehead atoms. The Morgan fingerprint density at radius 2 is 0.962 bits per heavy atom. The molecule has 0 aromatic heterocycles. The molecule has 0 aromatic carbocycles. The van der Waals surface area contributed by atoms with Gasteiger partial charge in [-0.2, -0.15) is 0 Å². The number of aliphatic hydroxyl groups excluding tert-OH is 3. The van der Waals surface area contributed by atoms with Crippen molar-refractivity contribution in [3.05, 3.63) is 0 Å². The average Bonchev–Trinajstić information content (AvgIpc) is 2.65. The predicted octanol–water partition coefficient (Wildman–Crippen LogP) is 4.51. The van der Waals surface area contributed by atoms with Crippen molar-refractivity contribution in [1.29, 1.82) is 0 Å². The van der Waals surface area contributed by atoms with Crippen LogP contribution in [0.1, 0.15) is 103 Å². The third kappa shape index (κ3) is 16.0. The van der Waals surface area contributed by atoms with Gasteiger partial charge in [0, 0.05) is 25.7 Å². The minimum absolute atomic E-state index is 0.178. The van der Waals surface area contributed by atoms with E-state index >= 15 is 0 Å². The van der Waals surface area contributed by atoms with E-state index in [4.69, 9.17) is 5.11 Å². The summed E-state index contributed by atoms with van der Waals surface area (Å²) in [6.07, 6.45) is 18.7. The largest absolute Gasteiger partial charge is 0.396 e. The molecule has 26 heavy (non-hydrogen) atoms. The van der Waals surface area contributed by atoms with Crippen molar-refractivity contribution in [2.24, 2.45) is 0 Å². The summed E-state index contributed by atoms with van der Waals surface area (Å²) in [5, 5.41) is 27.5. The molecule has 0 heterocycles. The van der Waals surface area contributed by atoms with Crippen LogP contribution < -0.4 is 0 Å². The topological polar surface area (TPSA) is 63.9 Å². The van der Waals surface area contributed by atoms with Gasteiger partial charge in [0.25, 0.3) is 0 Å². The first-order valence-electron chi connectivity index (χ1n) is 11.4. The summed E-state index contributed by atoms with van der Waals surface area (Å²) in [4.78, 5) is 2.30. The number of nitrogens with zero attached hydrogens (tertiary/aromatic N) is 1. The maximum Gasteiger partial charge on any atom is 0.0558 e. The van der Waals surface area contributed by atoms with Gasteiger partial charge < -0.3 is 15.3 Å². The molecule has 0 radical (unpaired) electrons. The zero-order valence-electron chi connectivity index (χ0n) is 17.5. The summed E-state index contributed by atoms with van der Waals surface area (Å²) in [7, 11) is 0. The van der Waals surface area contributed by atoms with Gasteiger partial charge in [0.05, 0.1) is 13.2 Å². The molecule has 4 heteroatoms. The second-order valence-corrected chi connectivity index (χ2v) is 7.68. The first-order chi connectivity index (χ1) is 12.8. The Hall–Kier alpha value is -0.160. The van der Waals surface area contributed by atoms with Crippen LogP contribution in [-0.4, -0.2) is 59.2 Å². The molecule has 0 amide bonds. The Labute approximate surface area is 163 Å². The Morgan fingerprint density at radius 3 is 1.38 bits per heavy atom. The van der Waals surface area contributed by atoms with Crippen LogP contribution in [0, 0.1) is 0 Å². The molecule has 0 rings (SSSR count). The van der Waals surface area contributed by atoms with E-state index in [-0.39, 0.29) is 13.2 Å². The first kappa shape index (κ1) is 25.8. The molecule has 1 unspecified atom stereocenters. The van der Waals surface area contributed by atoms with Crippen molar-refractivity contribution >= 4 is 0 Å².